The van der Waals surface area contributed by atoms with Gasteiger partial charge in [-0.25, -0.2) is 13.8 Å². The summed E-state index contributed by atoms with van der Waals surface area (Å²) >= 11 is 3.07. The van der Waals surface area contributed by atoms with Gasteiger partial charge in [0, 0.05) is 23.9 Å². The first kappa shape index (κ1) is 15.0. The molecule has 1 aromatic rings. The van der Waals surface area contributed by atoms with E-state index < -0.39 is 12.4 Å². The third-order valence-corrected chi connectivity index (χ3v) is 3.00. The van der Waals surface area contributed by atoms with Gasteiger partial charge in [-0.05, 0) is 28.4 Å². The molecule has 0 spiro atoms. The minimum Gasteiger partial charge on any atom is -0.466 e. The second-order valence-corrected chi connectivity index (χ2v) is 4.20. The van der Waals surface area contributed by atoms with E-state index in [4.69, 9.17) is 10.5 Å². The van der Waals surface area contributed by atoms with Crippen LogP contribution < -0.4 is 5.73 Å². The molecule has 4 nitrogen and oxygen atoms in total. The molecule has 1 rings (SSSR count). The van der Waals surface area contributed by atoms with Crippen LogP contribution in [0.1, 0.15) is 30.0 Å². The van der Waals surface area contributed by atoms with Gasteiger partial charge >= 0.3 is 5.97 Å². The Balaban J connectivity index is 3.18. The number of halogens is 3. The number of pyridine rings is 1. The molecule has 0 unspecified atom stereocenters. The monoisotopic (exact) mass is 322 g/mol. The van der Waals surface area contributed by atoms with E-state index >= 15 is 0 Å². The zero-order valence-electron chi connectivity index (χ0n) is 9.75. The van der Waals surface area contributed by atoms with Crippen molar-refractivity contribution in [2.45, 2.75) is 26.3 Å². The Bertz CT molecular complexity index is 441. The van der Waals surface area contributed by atoms with Crippen LogP contribution in [0.3, 0.4) is 0 Å². The highest BCUT2D eigenvalue weighted by atomic mass is 79.9. The molecule has 2 N–H and O–H groups in total. The Labute approximate surface area is 112 Å². The van der Waals surface area contributed by atoms with Crippen molar-refractivity contribution in [3.05, 3.63) is 27.5 Å². The zero-order valence-corrected chi connectivity index (χ0v) is 11.3. The van der Waals surface area contributed by atoms with E-state index in [1.54, 1.807) is 6.92 Å². The molecule has 18 heavy (non-hydrogen) atoms. The molecule has 1 aromatic heterocycles. The Kier molecular flexibility index (Phi) is 5.61. The summed E-state index contributed by atoms with van der Waals surface area (Å²) in [6, 6.07) is 0. The molecular weight excluding hydrogens is 310 g/mol. The topological polar surface area (TPSA) is 65.2 Å². The minimum absolute atomic E-state index is 0.0597. The molecule has 0 aliphatic carbocycles. The van der Waals surface area contributed by atoms with Crippen LogP contribution in [0.2, 0.25) is 0 Å². The molecule has 0 aliphatic rings. The maximum Gasteiger partial charge on any atom is 0.310 e. The first-order valence-corrected chi connectivity index (χ1v) is 6.10. The van der Waals surface area contributed by atoms with E-state index in [0.29, 0.717) is 0 Å². The SMILES string of the molecule is CCOC(=O)Cc1c(Br)ncc(CN)c1C(F)F. The van der Waals surface area contributed by atoms with Crippen molar-refractivity contribution < 1.29 is 18.3 Å². The average Bonchev–Trinajstić information content (AvgIpc) is 2.31. The fourth-order valence-corrected chi connectivity index (χ4v) is 2.00. The second kappa shape index (κ2) is 6.75. The molecule has 0 saturated heterocycles. The predicted molar refractivity (Wildman–Crippen MR) is 65.1 cm³/mol. The normalized spacial score (nSPS) is 10.8. The van der Waals surface area contributed by atoms with Crippen molar-refractivity contribution in [3.8, 4) is 0 Å². The quantitative estimate of drug-likeness (QED) is 0.667. The molecule has 0 fully saturated rings. The number of hydrogen-bond donors (Lipinski definition) is 1. The standard InChI is InChI=1S/C11H13BrF2N2O2/c1-2-18-8(17)3-7-9(11(13)14)6(4-15)5-16-10(7)12/h5,11H,2-4,15H2,1H3. The lowest BCUT2D eigenvalue weighted by atomic mass is 10.0. The van der Waals surface area contributed by atoms with Gasteiger partial charge in [-0.15, -0.1) is 0 Å². The number of rotatable bonds is 5. The maximum atomic E-state index is 13.0. The number of esters is 1. The van der Waals surface area contributed by atoms with E-state index in [2.05, 4.69) is 20.9 Å². The van der Waals surface area contributed by atoms with Gasteiger partial charge in [0.1, 0.15) is 4.60 Å². The molecule has 0 radical (unpaired) electrons. The van der Waals surface area contributed by atoms with Gasteiger partial charge in [-0.2, -0.15) is 0 Å². The van der Waals surface area contributed by atoms with E-state index in [0.717, 1.165) is 0 Å². The van der Waals surface area contributed by atoms with Crippen LogP contribution in [0.5, 0.6) is 0 Å². The van der Waals surface area contributed by atoms with Crippen LogP contribution in [0.4, 0.5) is 8.78 Å². The number of carbonyl (C=O) groups is 1. The van der Waals surface area contributed by atoms with Crippen LogP contribution in [-0.2, 0) is 22.5 Å². The summed E-state index contributed by atoms with van der Waals surface area (Å²) in [7, 11) is 0. The Morgan fingerprint density at radius 2 is 2.28 bits per heavy atom. The van der Waals surface area contributed by atoms with Crippen LogP contribution >= 0.6 is 15.9 Å². The number of alkyl halides is 2. The first-order chi connectivity index (χ1) is 8.51. The van der Waals surface area contributed by atoms with E-state index in [1.807, 2.05) is 0 Å². The summed E-state index contributed by atoms with van der Waals surface area (Å²) in [5.41, 5.74) is 5.51. The number of aromatic nitrogens is 1. The number of nitrogens with zero attached hydrogens (tertiary/aromatic N) is 1. The van der Waals surface area contributed by atoms with Crippen molar-refractivity contribution in [3.63, 3.8) is 0 Å². The highest BCUT2D eigenvalue weighted by Crippen LogP contribution is 2.30. The van der Waals surface area contributed by atoms with Crippen molar-refractivity contribution in [2.24, 2.45) is 5.73 Å². The summed E-state index contributed by atoms with van der Waals surface area (Å²) < 4.78 is 31.0. The molecule has 0 atom stereocenters. The number of carbonyl (C=O) groups excluding carboxylic acids is 1. The van der Waals surface area contributed by atoms with Crippen LogP contribution in [0.15, 0.2) is 10.8 Å². The molecule has 0 amide bonds. The lowest BCUT2D eigenvalue weighted by Crippen LogP contribution is -2.13. The molecule has 0 aliphatic heterocycles. The van der Waals surface area contributed by atoms with Crippen LogP contribution in [0.25, 0.3) is 0 Å². The molecule has 100 valence electrons. The summed E-state index contributed by atoms with van der Waals surface area (Å²) in [5.74, 6) is -0.573. The lowest BCUT2D eigenvalue weighted by Gasteiger charge is -2.13. The predicted octanol–water partition coefficient (Wildman–Crippen LogP) is 2.35. The third kappa shape index (κ3) is 3.46. The van der Waals surface area contributed by atoms with E-state index in [1.165, 1.54) is 6.20 Å². The van der Waals surface area contributed by atoms with E-state index in [-0.39, 0.29) is 40.9 Å². The summed E-state index contributed by atoms with van der Waals surface area (Å²) in [6.07, 6.45) is -1.69. The smallest absolute Gasteiger partial charge is 0.310 e. The van der Waals surface area contributed by atoms with Crippen LogP contribution in [0, 0.1) is 0 Å². The van der Waals surface area contributed by atoms with Gasteiger partial charge in [0.25, 0.3) is 6.43 Å². The fraction of sp³-hybridized carbons (Fsp3) is 0.455. The molecule has 0 aromatic carbocycles. The highest BCUT2D eigenvalue weighted by molar-refractivity contribution is 9.10. The third-order valence-electron chi connectivity index (χ3n) is 2.32. The molecular formula is C11H13BrF2N2O2. The minimum atomic E-state index is -2.72. The van der Waals surface area contributed by atoms with Gasteiger partial charge in [0.05, 0.1) is 13.0 Å². The lowest BCUT2D eigenvalue weighted by molar-refractivity contribution is -0.142. The number of hydrogen-bond acceptors (Lipinski definition) is 4. The second-order valence-electron chi connectivity index (χ2n) is 3.45. The molecule has 1 heterocycles. The maximum absolute atomic E-state index is 13.0. The summed E-state index contributed by atoms with van der Waals surface area (Å²) in [6.45, 7) is 1.79. The van der Waals surface area contributed by atoms with Crippen molar-refractivity contribution in [1.29, 1.82) is 0 Å². The highest BCUT2D eigenvalue weighted by Gasteiger charge is 2.22. The van der Waals surface area contributed by atoms with Gasteiger partial charge in [0.15, 0.2) is 0 Å². The van der Waals surface area contributed by atoms with Gasteiger partial charge < -0.3 is 10.5 Å². The largest absolute Gasteiger partial charge is 0.466 e. The summed E-state index contributed by atoms with van der Waals surface area (Å²) in [4.78, 5) is 15.3. The van der Waals surface area contributed by atoms with Gasteiger partial charge in [0.2, 0.25) is 0 Å². The van der Waals surface area contributed by atoms with Gasteiger partial charge in [-0.3, -0.25) is 4.79 Å². The van der Waals surface area contributed by atoms with Crippen LogP contribution in [-0.4, -0.2) is 17.6 Å². The van der Waals surface area contributed by atoms with Crippen molar-refractivity contribution in [2.75, 3.05) is 6.61 Å². The van der Waals surface area contributed by atoms with Crippen molar-refractivity contribution >= 4 is 21.9 Å². The van der Waals surface area contributed by atoms with Crippen molar-refractivity contribution in [1.82, 2.24) is 4.98 Å². The first-order valence-electron chi connectivity index (χ1n) is 5.31. The number of ether oxygens (including phenoxy) is 1. The Hall–Kier alpha value is -1.08. The number of nitrogens with two attached hydrogens (primary N) is 1. The molecule has 0 saturated carbocycles. The Morgan fingerprint density at radius 1 is 1.61 bits per heavy atom. The zero-order chi connectivity index (χ0) is 13.7. The summed E-state index contributed by atoms with van der Waals surface area (Å²) in [5, 5.41) is 0. The fourth-order valence-electron chi connectivity index (χ4n) is 1.55. The molecule has 7 heteroatoms. The molecule has 0 bridgehead atoms. The Morgan fingerprint density at radius 3 is 2.78 bits per heavy atom. The van der Waals surface area contributed by atoms with E-state index in [9.17, 15) is 13.6 Å². The van der Waals surface area contributed by atoms with Gasteiger partial charge in [-0.1, -0.05) is 0 Å². The average molecular weight is 323 g/mol.